The summed E-state index contributed by atoms with van der Waals surface area (Å²) >= 11 is 0. The molecule has 0 saturated heterocycles. The van der Waals surface area contributed by atoms with E-state index in [9.17, 15) is 14.4 Å². The Labute approximate surface area is 574 Å². The van der Waals surface area contributed by atoms with Crippen molar-refractivity contribution >= 4 is 102 Å². The van der Waals surface area contributed by atoms with Crippen LogP contribution in [0.4, 0.5) is 0 Å². The number of aromatic amines is 4. The molecule has 18 heteroatoms. The van der Waals surface area contributed by atoms with Gasteiger partial charge in [-0.15, -0.1) is 0 Å². The molecule has 4 aromatic heterocycles. The van der Waals surface area contributed by atoms with Crippen molar-refractivity contribution in [1.82, 2.24) is 49.7 Å². The van der Waals surface area contributed by atoms with E-state index in [1.165, 1.54) is 24.0 Å². The Morgan fingerprint density at radius 3 is 1.32 bits per heavy atom. The van der Waals surface area contributed by atoms with Crippen molar-refractivity contribution in [3.8, 4) is 0 Å². The number of carbonyl (C=O) groups is 6. The molecular formula is C80H94N10O8. The molecule has 4 atom stereocenters. The van der Waals surface area contributed by atoms with Crippen LogP contribution in [0.2, 0.25) is 0 Å². The Hall–Kier alpha value is -9.32. The molecule has 0 saturated carbocycles. The molecule has 8 aliphatic rings. The van der Waals surface area contributed by atoms with E-state index in [4.69, 9.17) is 29.4 Å². The molecule has 0 fully saturated rings. The number of hydrogen-bond donors (Lipinski definition) is 4. The van der Waals surface area contributed by atoms with Gasteiger partial charge in [-0.05, 0) is 173 Å². The number of imide groups is 2. The zero-order chi connectivity index (χ0) is 69.7. The van der Waals surface area contributed by atoms with Crippen molar-refractivity contribution in [1.29, 1.82) is 0 Å². The molecule has 0 radical (unpaired) electrons. The van der Waals surface area contributed by atoms with Crippen LogP contribution in [-0.2, 0) is 19.1 Å². The number of ether oxygens (including phenoxy) is 2. The second kappa shape index (κ2) is 28.3. The van der Waals surface area contributed by atoms with E-state index in [1.807, 2.05) is 26.0 Å². The van der Waals surface area contributed by atoms with Gasteiger partial charge < -0.3 is 29.4 Å². The number of amides is 4. The summed E-state index contributed by atoms with van der Waals surface area (Å²) in [6.07, 6.45) is 15.0. The largest absolute Gasteiger partial charge is 0.469 e. The highest BCUT2D eigenvalue weighted by Crippen LogP contribution is 2.48. The van der Waals surface area contributed by atoms with Crippen LogP contribution in [0.5, 0.6) is 0 Å². The SMILES string of the molecule is CCCCCCN1C(=O)c2c3[nH]c(cc4nc(cc5nc(cc6[nH]c2c(c6C)C1=O)C(/C=C/CC1=C(CC)c2cc6[nH]c7c(c8[nH]c(cc9nc(cc1n2)C(CC)=C9C)[C@@H](C)[C@@H]8CCC(=O)OC)C(=O)N(CCCCCC)C(=O)c7c6C)=C5C)C(CC)=C4C)[C@@H](C)[C@@H]3CCC(=O)OC. The van der Waals surface area contributed by atoms with E-state index in [-0.39, 0.29) is 85.2 Å². The molecule has 8 aliphatic heterocycles. The van der Waals surface area contributed by atoms with Crippen LogP contribution < -0.4 is 0 Å². The fraction of sp³-hybridized carbons (Fsp3) is 0.450. The average Bonchev–Trinajstić information content (AvgIpc) is 1.55. The van der Waals surface area contributed by atoms with E-state index < -0.39 is 0 Å². The molecule has 4 aromatic rings. The maximum atomic E-state index is 15.3. The lowest BCUT2D eigenvalue weighted by Gasteiger charge is -2.27. The highest BCUT2D eigenvalue weighted by molar-refractivity contribution is 6.24. The van der Waals surface area contributed by atoms with Crippen molar-refractivity contribution in [2.75, 3.05) is 27.3 Å². The van der Waals surface area contributed by atoms with Crippen LogP contribution in [0.1, 0.15) is 317 Å². The summed E-state index contributed by atoms with van der Waals surface area (Å²) in [7, 11) is 2.78. The van der Waals surface area contributed by atoms with E-state index >= 15 is 14.4 Å². The standard InChI is InChI=1S/C80H94N10O8/c1-15-20-22-24-33-89-77(93)69-46(11)60-38-64-50(19-5)54(66(84-64)40-63-49(18-4)42(7)56(82-63)36-59-45(10)53(30-32-68(92)98-14)73(86-59)71(79(89)95)75(69)87-60)28-26-27-51-43(8)57-37-62-48(17-3)41(6)55(81-62)35-58-44(9)52(29-31-67(91)97-13)74(85-58)72-76-70(47(12)61(88-76)39-65(51)83-57)78(94)90(80(72)96)34-25-23-21-16-2/h26-27,35-40,44-45,52-53,85-88H,15-25,28-34H2,1-14H3/b27-26+,58-35?,59-36?,62-37?,63-40?,64-38?,65-39?,73-71?,74-72?/t44-,45-,52-,53-/m0/s1. The number of rotatable bonds is 22. The highest BCUT2D eigenvalue weighted by Gasteiger charge is 2.43. The van der Waals surface area contributed by atoms with E-state index in [2.05, 4.69) is 126 Å². The van der Waals surface area contributed by atoms with E-state index in [0.717, 1.165) is 141 Å². The summed E-state index contributed by atoms with van der Waals surface area (Å²) in [5, 5.41) is 0. The van der Waals surface area contributed by atoms with Gasteiger partial charge in [0, 0.05) is 89.0 Å². The molecule has 0 spiro atoms. The minimum absolute atomic E-state index is 0.139. The molecule has 98 heavy (non-hydrogen) atoms. The molecule has 4 amide bonds. The predicted octanol–water partition coefficient (Wildman–Crippen LogP) is 17.6. The molecule has 0 aromatic carbocycles. The Morgan fingerprint density at radius 1 is 0.469 bits per heavy atom. The van der Waals surface area contributed by atoms with Gasteiger partial charge in [0.1, 0.15) is 0 Å². The number of H-pyrrole nitrogens is 4. The third-order valence-electron chi connectivity index (χ3n) is 21.8. The van der Waals surface area contributed by atoms with Crippen molar-refractivity contribution in [2.45, 2.75) is 209 Å². The Kier molecular flexibility index (Phi) is 19.8. The van der Waals surface area contributed by atoms with Gasteiger partial charge in [0.15, 0.2) is 0 Å². The molecule has 12 heterocycles. The summed E-state index contributed by atoms with van der Waals surface area (Å²) < 4.78 is 10.3. The minimum Gasteiger partial charge on any atom is -0.469 e. The van der Waals surface area contributed by atoms with Gasteiger partial charge >= 0.3 is 11.9 Å². The third-order valence-corrected chi connectivity index (χ3v) is 21.8. The van der Waals surface area contributed by atoms with Gasteiger partial charge in [0.25, 0.3) is 23.6 Å². The van der Waals surface area contributed by atoms with E-state index in [1.54, 1.807) is 0 Å². The van der Waals surface area contributed by atoms with Gasteiger partial charge in [-0.25, -0.2) is 19.9 Å². The van der Waals surface area contributed by atoms with Crippen molar-refractivity contribution in [3.05, 3.63) is 150 Å². The number of nitrogens with one attached hydrogen (secondary N) is 4. The number of fused-ring (bicyclic) bond motifs is 16. The molecule has 12 rings (SSSR count). The summed E-state index contributed by atoms with van der Waals surface area (Å²) in [5.41, 5.74) is 22.6. The highest BCUT2D eigenvalue weighted by atomic mass is 16.5. The van der Waals surface area contributed by atoms with E-state index in [0.29, 0.717) is 117 Å². The summed E-state index contributed by atoms with van der Waals surface area (Å²) in [4.78, 5) is 126. The average molecular weight is 1320 g/mol. The number of aryl methyl sites for hydroxylation is 2. The quantitative estimate of drug-likeness (QED) is 0.0326. The summed E-state index contributed by atoms with van der Waals surface area (Å²) in [6, 6.07) is 12.4. The lowest BCUT2D eigenvalue weighted by atomic mass is 9.84. The lowest BCUT2D eigenvalue weighted by molar-refractivity contribution is -0.141. The molecular weight excluding hydrogens is 1230 g/mol. The monoisotopic (exact) mass is 1320 g/mol. The summed E-state index contributed by atoms with van der Waals surface area (Å²) in [6.45, 7) is 25.6. The normalized spacial score (nSPS) is 18.3. The first-order valence-corrected chi connectivity index (χ1v) is 35.7. The fourth-order valence-corrected chi connectivity index (χ4v) is 16.0. The van der Waals surface area contributed by atoms with Crippen molar-refractivity contribution in [2.24, 2.45) is 0 Å². The van der Waals surface area contributed by atoms with Crippen LogP contribution in [0.15, 0.2) is 48.6 Å². The molecule has 0 aliphatic carbocycles. The number of nitrogens with zero attached hydrogens (tertiary/aromatic N) is 6. The van der Waals surface area contributed by atoms with Crippen LogP contribution in [0.25, 0.3) is 66.7 Å². The predicted molar refractivity (Wildman–Crippen MR) is 387 cm³/mol. The van der Waals surface area contributed by atoms with Crippen LogP contribution in [0.3, 0.4) is 0 Å². The smallest absolute Gasteiger partial charge is 0.305 e. The number of carbonyl (C=O) groups excluding carboxylic acids is 6. The number of hydrogen-bond acceptors (Lipinski definition) is 12. The van der Waals surface area contributed by atoms with Crippen LogP contribution in [0, 0.1) is 13.8 Å². The Balaban J connectivity index is 1.05. The lowest BCUT2D eigenvalue weighted by Crippen LogP contribution is -2.41. The second-order valence-electron chi connectivity index (χ2n) is 27.5. The first kappa shape index (κ1) is 68.6. The van der Waals surface area contributed by atoms with Gasteiger partial charge in [-0.3, -0.25) is 38.6 Å². The second-order valence-corrected chi connectivity index (χ2v) is 27.5. The first-order chi connectivity index (χ1) is 47.2. The van der Waals surface area contributed by atoms with Crippen molar-refractivity contribution < 1.29 is 38.2 Å². The number of allylic oxidation sites excluding steroid dienone is 10. The maximum absolute atomic E-state index is 15.3. The molecule has 4 N–H and O–H groups in total. The minimum atomic E-state index is -0.376. The molecule has 0 unspecified atom stereocenters. The zero-order valence-corrected chi connectivity index (χ0v) is 59.6. The zero-order valence-electron chi connectivity index (χ0n) is 59.6. The third kappa shape index (κ3) is 12.2. The van der Waals surface area contributed by atoms with Gasteiger partial charge in [-0.1, -0.05) is 99.1 Å². The first-order valence-electron chi connectivity index (χ1n) is 35.7. The number of aromatic nitrogens is 8. The Morgan fingerprint density at radius 2 is 0.867 bits per heavy atom. The maximum Gasteiger partial charge on any atom is 0.305 e. The van der Waals surface area contributed by atoms with Gasteiger partial charge in [0.05, 0.1) is 93.1 Å². The molecule has 18 nitrogen and oxygen atoms in total. The Bertz CT molecular complexity index is 4650. The van der Waals surface area contributed by atoms with Gasteiger partial charge in [-0.2, -0.15) is 0 Å². The van der Waals surface area contributed by atoms with Crippen molar-refractivity contribution in [3.63, 3.8) is 0 Å². The number of esters is 2. The molecule has 512 valence electrons. The number of unbranched alkanes of at least 4 members (excludes halogenated alkanes) is 6. The number of methoxy groups -OCH3 is 2. The fourth-order valence-electron chi connectivity index (χ4n) is 16.0. The summed E-state index contributed by atoms with van der Waals surface area (Å²) in [5.74, 6) is -3.01. The topological polar surface area (TPSA) is 242 Å². The van der Waals surface area contributed by atoms with Crippen LogP contribution in [-0.4, -0.2) is 113 Å². The molecule has 16 bridgehead atoms. The van der Waals surface area contributed by atoms with Gasteiger partial charge in [0.2, 0.25) is 0 Å². The van der Waals surface area contributed by atoms with Crippen LogP contribution >= 0.6 is 0 Å².